The Morgan fingerprint density at radius 1 is 1.29 bits per heavy atom. The third-order valence-corrected chi connectivity index (χ3v) is 6.01. The number of benzene rings is 1. The van der Waals surface area contributed by atoms with Crippen molar-refractivity contribution < 1.29 is 4.74 Å². The second-order valence-electron chi connectivity index (χ2n) is 8.34. The van der Waals surface area contributed by atoms with Gasteiger partial charge in [-0.25, -0.2) is 0 Å². The summed E-state index contributed by atoms with van der Waals surface area (Å²) in [6.45, 7) is 9.08. The van der Waals surface area contributed by atoms with Crippen LogP contribution in [0.4, 0.5) is 0 Å². The zero-order valence-corrected chi connectivity index (χ0v) is 20.1. The molecule has 1 aromatic heterocycles. The Kier molecular flexibility index (Phi) is 8.35. The van der Waals surface area contributed by atoms with E-state index in [0.717, 1.165) is 55.1 Å². The van der Waals surface area contributed by atoms with Crippen molar-refractivity contribution in [3.05, 3.63) is 52.3 Å². The molecule has 1 aliphatic rings. The molecule has 0 amide bonds. The first-order chi connectivity index (χ1) is 14.9. The Labute approximate surface area is 191 Å². The largest absolute Gasteiger partial charge is 0.379 e. The van der Waals surface area contributed by atoms with Crippen molar-refractivity contribution in [2.24, 2.45) is 12.0 Å². The number of aromatic nitrogens is 2. The van der Waals surface area contributed by atoms with Crippen LogP contribution in [-0.2, 0) is 18.3 Å². The fourth-order valence-corrected chi connectivity index (χ4v) is 4.40. The highest BCUT2D eigenvalue weighted by atomic mass is 35.5. The molecule has 3 rings (SSSR count). The highest BCUT2D eigenvalue weighted by Gasteiger charge is 2.25. The van der Waals surface area contributed by atoms with Crippen LogP contribution < -0.4 is 5.32 Å². The van der Waals surface area contributed by atoms with E-state index in [0.29, 0.717) is 12.5 Å². The van der Waals surface area contributed by atoms with Crippen LogP contribution in [0, 0.1) is 0 Å². The number of guanidine groups is 1. The Morgan fingerprint density at radius 2 is 2.00 bits per heavy atom. The third-order valence-electron chi connectivity index (χ3n) is 5.67. The molecule has 1 unspecified atom stereocenters. The number of nitrogens with one attached hydrogen (secondary N) is 1. The van der Waals surface area contributed by atoms with Gasteiger partial charge >= 0.3 is 0 Å². The topological polar surface area (TPSA) is 57.9 Å². The standard InChI is InChI=1S/C23H35ClN6O/c1-17(2)22-18(16-29(5)27-22)15-28(4)23(25-3)26-14-21(30-10-12-31-13-11-30)19-8-6-7-9-20(19)24/h6-9,16-17,21H,10-15H2,1-5H3,(H,25,26). The predicted molar refractivity (Wildman–Crippen MR) is 127 cm³/mol. The van der Waals surface area contributed by atoms with Crippen LogP contribution in [-0.4, -0.2) is 72.5 Å². The van der Waals surface area contributed by atoms with Crippen molar-refractivity contribution in [3.63, 3.8) is 0 Å². The van der Waals surface area contributed by atoms with E-state index in [9.17, 15) is 0 Å². The van der Waals surface area contributed by atoms with Crippen LogP contribution in [0.25, 0.3) is 0 Å². The molecule has 1 N–H and O–H groups in total. The zero-order chi connectivity index (χ0) is 22.4. The number of aliphatic imine (C=N–C) groups is 1. The summed E-state index contributed by atoms with van der Waals surface area (Å²) in [5.41, 5.74) is 3.48. The van der Waals surface area contributed by atoms with E-state index in [4.69, 9.17) is 16.3 Å². The van der Waals surface area contributed by atoms with Gasteiger partial charge < -0.3 is 15.0 Å². The highest BCUT2D eigenvalue weighted by molar-refractivity contribution is 6.31. The fraction of sp³-hybridized carbons (Fsp3) is 0.565. The third kappa shape index (κ3) is 5.99. The number of rotatable bonds is 7. The van der Waals surface area contributed by atoms with Gasteiger partial charge in [0.2, 0.25) is 0 Å². The summed E-state index contributed by atoms with van der Waals surface area (Å²) >= 11 is 6.57. The lowest BCUT2D eigenvalue weighted by Crippen LogP contribution is -2.46. The van der Waals surface area contributed by atoms with Gasteiger partial charge in [0.25, 0.3) is 0 Å². The first kappa shape index (κ1) is 23.6. The summed E-state index contributed by atoms with van der Waals surface area (Å²) in [4.78, 5) is 9.10. The second kappa shape index (κ2) is 11.0. The van der Waals surface area contributed by atoms with Crippen LogP contribution in [0.5, 0.6) is 0 Å². The molecule has 1 fully saturated rings. The average molecular weight is 447 g/mol. The number of hydrogen-bond donors (Lipinski definition) is 1. The zero-order valence-electron chi connectivity index (χ0n) is 19.3. The fourth-order valence-electron chi connectivity index (χ4n) is 4.14. The van der Waals surface area contributed by atoms with E-state index < -0.39 is 0 Å². The maximum atomic E-state index is 6.57. The SMILES string of the molecule is CN=C(NCC(c1ccccc1Cl)N1CCOCC1)N(C)Cc1cn(C)nc1C(C)C. The molecule has 170 valence electrons. The van der Waals surface area contributed by atoms with Crippen molar-refractivity contribution >= 4 is 17.6 Å². The Morgan fingerprint density at radius 3 is 2.65 bits per heavy atom. The van der Waals surface area contributed by atoms with E-state index in [-0.39, 0.29) is 6.04 Å². The summed E-state index contributed by atoms with van der Waals surface area (Å²) < 4.78 is 7.45. The maximum absolute atomic E-state index is 6.57. The minimum absolute atomic E-state index is 0.146. The summed E-state index contributed by atoms with van der Waals surface area (Å²) in [5, 5.41) is 9.00. The highest BCUT2D eigenvalue weighted by Crippen LogP contribution is 2.28. The molecule has 8 heteroatoms. The van der Waals surface area contributed by atoms with E-state index >= 15 is 0 Å². The summed E-state index contributed by atoms with van der Waals surface area (Å²) in [5.74, 6) is 1.23. The van der Waals surface area contributed by atoms with Gasteiger partial charge in [0, 0.05) is 64.1 Å². The van der Waals surface area contributed by atoms with Gasteiger partial charge in [-0.15, -0.1) is 0 Å². The van der Waals surface area contributed by atoms with Gasteiger partial charge in [-0.1, -0.05) is 43.6 Å². The van der Waals surface area contributed by atoms with E-state index in [1.54, 1.807) is 0 Å². The Bertz CT molecular complexity index is 875. The van der Waals surface area contributed by atoms with Gasteiger partial charge in [-0.2, -0.15) is 5.10 Å². The number of ether oxygens (including phenoxy) is 1. The second-order valence-corrected chi connectivity index (χ2v) is 8.74. The lowest BCUT2D eigenvalue weighted by atomic mass is 10.0. The molecule has 0 aliphatic carbocycles. The van der Waals surface area contributed by atoms with Gasteiger partial charge in [-0.05, 0) is 17.5 Å². The number of nitrogens with zero attached hydrogens (tertiary/aromatic N) is 5. The van der Waals surface area contributed by atoms with E-state index in [1.165, 1.54) is 5.56 Å². The molecule has 1 aliphatic heterocycles. The van der Waals surface area contributed by atoms with E-state index in [2.05, 4.69) is 58.4 Å². The Hall–Kier alpha value is -2.09. The van der Waals surface area contributed by atoms with Gasteiger partial charge in [0.05, 0.1) is 24.9 Å². The molecule has 1 saturated heterocycles. The quantitative estimate of drug-likeness (QED) is 0.522. The average Bonchev–Trinajstić information content (AvgIpc) is 3.13. The molecular formula is C23H35ClN6O. The molecule has 0 radical (unpaired) electrons. The van der Waals surface area contributed by atoms with Crippen LogP contribution in [0.3, 0.4) is 0 Å². The molecule has 0 bridgehead atoms. The number of morpholine rings is 1. The van der Waals surface area contributed by atoms with Crippen LogP contribution in [0.15, 0.2) is 35.5 Å². The van der Waals surface area contributed by atoms with Crippen molar-refractivity contribution in [2.45, 2.75) is 32.4 Å². The molecule has 1 aromatic carbocycles. The minimum atomic E-state index is 0.146. The maximum Gasteiger partial charge on any atom is 0.193 e. The van der Waals surface area contributed by atoms with Crippen LogP contribution >= 0.6 is 11.6 Å². The monoisotopic (exact) mass is 446 g/mol. The first-order valence-electron chi connectivity index (χ1n) is 10.9. The van der Waals surface area contributed by atoms with Crippen molar-refractivity contribution in [3.8, 4) is 0 Å². The number of halogens is 1. The van der Waals surface area contributed by atoms with Crippen LogP contribution in [0.1, 0.15) is 42.6 Å². The minimum Gasteiger partial charge on any atom is -0.379 e. The smallest absolute Gasteiger partial charge is 0.193 e. The van der Waals surface area contributed by atoms with Crippen molar-refractivity contribution in [1.29, 1.82) is 0 Å². The Balaban J connectivity index is 1.72. The first-order valence-corrected chi connectivity index (χ1v) is 11.3. The lowest BCUT2D eigenvalue weighted by molar-refractivity contribution is 0.0169. The number of aryl methyl sites for hydroxylation is 1. The van der Waals surface area contributed by atoms with Gasteiger partial charge in [0.15, 0.2) is 5.96 Å². The molecular weight excluding hydrogens is 412 g/mol. The van der Waals surface area contributed by atoms with Crippen molar-refractivity contribution in [1.82, 2.24) is 24.9 Å². The van der Waals surface area contributed by atoms with Crippen molar-refractivity contribution in [2.75, 3.05) is 46.9 Å². The predicted octanol–water partition coefficient (Wildman–Crippen LogP) is 3.28. The number of hydrogen-bond acceptors (Lipinski definition) is 4. The van der Waals surface area contributed by atoms with Crippen LogP contribution in [0.2, 0.25) is 5.02 Å². The summed E-state index contributed by atoms with van der Waals surface area (Å²) in [7, 11) is 5.86. The molecule has 2 aromatic rings. The van der Waals surface area contributed by atoms with Gasteiger partial charge in [0.1, 0.15) is 0 Å². The molecule has 7 nitrogen and oxygen atoms in total. The molecule has 31 heavy (non-hydrogen) atoms. The van der Waals surface area contributed by atoms with Gasteiger partial charge in [-0.3, -0.25) is 14.6 Å². The molecule has 0 spiro atoms. The summed E-state index contributed by atoms with van der Waals surface area (Å²) in [6, 6.07) is 8.24. The summed E-state index contributed by atoms with van der Waals surface area (Å²) in [6.07, 6.45) is 2.10. The lowest BCUT2D eigenvalue weighted by Gasteiger charge is -2.36. The normalized spacial score (nSPS) is 16.5. The molecule has 0 saturated carbocycles. The van der Waals surface area contributed by atoms with E-state index in [1.807, 2.05) is 37.0 Å². The molecule has 1 atom stereocenters. The molecule has 2 heterocycles.